The predicted molar refractivity (Wildman–Crippen MR) is 106 cm³/mol. The third kappa shape index (κ3) is 5.15. The first-order chi connectivity index (χ1) is 13.3. The highest BCUT2D eigenvalue weighted by molar-refractivity contribution is 7.91. The molecule has 0 aromatic carbocycles. The first-order valence-corrected chi connectivity index (χ1v) is 11.3. The third-order valence-electron chi connectivity index (χ3n) is 4.46. The first-order valence-electron chi connectivity index (χ1n) is 8.90. The molecule has 1 saturated heterocycles. The highest BCUT2D eigenvalue weighted by Gasteiger charge is 2.29. The molecule has 1 aliphatic rings. The average molecular weight is 423 g/mol. The molecular weight excluding hydrogens is 400 g/mol. The zero-order chi connectivity index (χ0) is 20.1. The molecule has 3 heterocycles. The Hall–Kier alpha value is -2.30. The zero-order valence-electron chi connectivity index (χ0n) is 15.4. The van der Waals surface area contributed by atoms with Crippen molar-refractivity contribution in [1.29, 1.82) is 0 Å². The number of carbonyl (C=O) groups is 2. The topological polar surface area (TPSA) is 108 Å². The molecule has 2 N–H and O–H groups in total. The fourth-order valence-corrected chi connectivity index (χ4v) is 5.03. The summed E-state index contributed by atoms with van der Waals surface area (Å²) in [7, 11) is -3.69. The maximum atomic E-state index is 12.5. The Kier molecular flexibility index (Phi) is 6.42. The van der Waals surface area contributed by atoms with Crippen LogP contribution in [-0.4, -0.2) is 49.8 Å². The molecule has 0 bridgehead atoms. The molecule has 0 saturated carbocycles. The van der Waals surface area contributed by atoms with Crippen LogP contribution < -0.4 is 10.0 Å². The molecule has 10 heteroatoms. The van der Waals surface area contributed by atoms with E-state index >= 15 is 0 Å². The molecule has 28 heavy (non-hydrogen) atoms. The molecule has 2 amide bonds. The number of likely N-dealkylation sites (tertiary alicyclic amines) is 1. The van der Waals surface area contributed by atoms with Crippen molar-refractivity contribution in [2.45, 2.75) is 24.0 Å². The SMILES string of the molecule is Cc1cccc(NC(=O)C2CCCN(C(=O)CNS(=O)(=O)c3cccs3)C2)n1. The van der Waals surface area contributed by atoms with Crippen LogP contribution in [0, 0.1) is 12.8 Å². The van der Waals surface area contributed by atoms with Gasteiger partial charge >= 0.3 is 0 Å². The average Bonchev–Trinajstić information content (AvgIpc) is 3.22. The molecule has 0 aliphatic carbocycles. The van der Waals surface area contributed by atoms with Crippen LogP contribution in [0.3, 0.4) is 0 Å². The summed E-state index contributed by atoms with van der Waals surface area (Å²) >= 11 is 1.09. The van der Waals surface area contributed by atoms with E-state index in [-0.39, 0.29) is 35.0 Å². The number of nitrogens with one attached hydrogen (secondary N) is 2. The smallest absolute Gasteiger partial charge is 0.250 e. The number of aromatic nitrogens is 1. The van der Waals surface area contributed by atoms with Crippen molar-refractivity contribution in [2.24, 2.45) is 5.92 Å². The van der Waals surface area contributed by atoms with Crippen LogP contribution in [0.15, 0.2) is 39.9 Å². The van der Waals surface area contributed by atoms with Gasteiger partial charge in [-0.15, -0.1) is 11.3 Å². The summed E-state index contributed by atoms with van der Waals surface area (Å²) in [6.07, 6.45) is 1.35. The van der Waals surface area contributed by atoms with Crippen LogP contribution in [-0.2, 0) is 19.6 Å². The van der Waals surface area contributed by atoms with E-state index in [1.54, 1.807) is 17.5 Å². The Labute approximate surface area is 168 Å². The van der Waals surface area contributed by atoms with Crippen LogP contribution >= 0.6 is 11.3 Å². The van der Waals surface area contributed by atoms with Gasteiger partial charge < -0.3 is 10.2 Å². The van der Waals surface area contributed by atoms with Gasteiger partial charge in [-0.05, 0) is 43.3 Å². The number of pyridine rings is 1. The summed E-state index contributed by atoms with van der Waals surface area (Å²) in [6, 6.07) is 8.49. The molecule has 1 aliphatic heterocycles. The van der Waals surface area contributed by atoms with Crippen molar-refractivity contribution in [3.8, 4) is 0 Å². The molecule has 0 radical (unpaired) electrons. The van der Waals surface area contributed by atoms with E-state index in [1.807, 2.05) is 19.1 Å². The van der Waals surface area contributed by atoms with E-state index < -0.39 is 10.0 Å². The van der Waals surface area contributed by atoms with Gasteiger partial charge in [-0.3, -0.25) is 9.59 Å². The number of aryl methyl sites for hydroxylation is 1. The Morgan fingerprint density at radius 1 is 1.29 bits per heavy atom. The highest BCUT2D eigenvalue weighted by Crippen LogP contribution is 2.19. The van der Waals surface area contributed by atoms with Gasteiger partial charge in [0.15, 0.2) is 0 Å². The van der Waals surface area contributed by atoms with E-state index in [0.717, 1.165) is 17.0 Å². The summed E-state index contributed by atoms with van der Waals surface area (Å²) in [5.74, 6) is -0.396. The van der Waals surface area contributed by atoms with Crippen LogP contribution in [0.4, 0.5) is 5.82 Å². The van der Waals surface area contributed by atoms with Crippen LogP contribution in [0.1, 0.15) is 18.5 Å². The normalized spacial score (nSPS) is 17.3. The van der Waals surface area contributed by atoms with Crippen molar-refractivity contribution >= 4 is 39.0 Å². The molecule has 1 unspecified atom stereocenters. The molecule has 1 fully saturated rings. The number of piperidine rings is 1. The van der Waals surface area contributed by atoms with Crippen molar-refractivity contribution in [3.05, 3.63) is 41.4 Å². The lowest BCUT2D eigenvalue weighted by Gasteiger charge is -2.32. The number of sulfonamides is 1. The molecule has 3 rings (SSSR count). The van der Waals surface area contributed by atoms with Crippen LogP contribution in [0.25, 0.3) is 0 Å². The number of nitrogens with zero attached hydrogens (tertiary/aromatic N) is 2. The van der Waals surface area contributed by atoms with Crippen molar-refractivity contribution in [1.82, 2.24) is 14.6 Å². The van der Waals surface area contributed by atoms with Crippen molar-refractivity contribution in [2.75, 3.05) is 25.0 Å². The molecule has 1 atom stereocenters. The standard InChI is InChI=1S/C18H22N4O4S2/c1-13-5-2-7-15(20-13)21-18(24)14-6-3-9-22(12-14)16(23)11-19-28(25,26)17-8-4-10-27-17/h2,4-5,7-8,10,14,19H,3,6,9,11-12H2,1H3,(H,20,21,24). The first kappa shape index (κ1) is 20.4. The lowest BCUT2D eigenvalue weighted by molar-refractivity contribution is -0.133. The van der Waals surface area contributed by atoms with Gasteiger partial charge in [0.1, 0.15) is 10.0 Å². The second-order valence-electron chi connectivity index (χ2n) is 6.59. The number of hydrogen-bond acceptors (Lipinski definition) is 6. The summed E-state index contributed by atoms with van der Waals surface area (Å²) in [4.78, 5) is 30.8. The van der Waals surface area contributed by atoms with E-state index in [4.69, 9.17) is 0 Å². The maximum absolute atomic E-state index is 12.5. The maximum Gasteiger partial charge on any atom is 0.250 e. The largest absolute Gasteiger partial charge is 0.341 e. The monoisotopic (exact) mass is 422 g/mol. The van der Waals surface area contributed by atoms with Gasteiger partial charge in [0.25, 0.3) is 10.0 Å². The summed E-state index contributed by atoms with van der Waals surface area (Å²) < 4.78 is 26.8. The molecule has 0 spiro atoms. The zero-order valence-corrected chi connectivity index (χ0v) is 17.1. The van der Waals surface area contributed by atoms with Crippen LogP contribution in [0.5, 0.6) is 0 Å². The fraction of sp³-hybridized carbons (Fsp3) is 0.389. The number of thiophene rings is 1. The number of carbonyl (C=O) groups excluding carboxylic acids is 2. The molecule has 2 aromatic heterocycles. The Bertz CT molecular complexity index is 944. The third-order valence-corrected chi connectivity index (χ3v) is 7.26. The molecule has 150 valence electrons. The second kappa shape index (κ2) is 8.80. The highest BCUT2D eigenvalue weighted by atomic mass is 32.2. The number of amides is 2. The van der Waals surface area contributed by atoms with Crippen molar-refractivity contribution < 1.29 is 18.0 Å². The molecule has 2 aromatic rings. The van der Waals surface area contributed by atoms with E-state index in [9.17, 15) is 18.0 Å². The second-order valence-corrected chi connectivity index (χ2v) is 9.53. The minimum atomic E-state index is -3.69. The van der Waals surface area contributed by atoms with E-state index in [1.165, 1.54) is 11.0 Å². The summed E-state index contributed by atoms with van der Waals surface area (Å²) in [5, 5.41) is 4.45. The fourth-order valence-electron chi connectivity index (χ4n) is 3.01. The lowest BCUT2D eigenvalue weighted by Crippen LogP contribution is -2.47. The quantitative estimate of drug-likeness (QED) is 0.735. The summed E-state index contributed by atoms with van der Waals surface area (Å²) in [5.41, 5.74) is 0.802. The molecular formula is C18H22N4O4S2. The van der Waals surface area contributed by atoms with Gasteiger partial charge in [0, 0.05) is 18.8 Å². The minimum absolute atomic E-state index is 0.168. The van der Waals surface area contributed by atoms with Gasteiger partial charge in [-0.2, -0.15) is 0 Å². The Morgan fingerprint density at radius 2 is 2.11 bits per heavy atom. The number of rotatable bonds is 6. The van der Waals surface area contributed by atoms with E-state index in [2.05, 4.69) is 15.0 Å². The predicted octanol–water partition coefficient (Wildman–Crippen LogP) is 1.61. The van der Waals surface area contributed by atoms with Crippen molar-refractivity contribution in [3.63, 3.8) is 0 Å². The van der Waals surface area contributed by atoms with Gasteiger partial charge in [0.05, 0.1) is 12.5 Å². The summed E-state index contributed by atoms with van der Waals surface area (Å²) in [6.45, 7) is 2.28. The lowest BCUT2D eigenvalue weighted by atomic mass is 9.97. The Balaban J connectivity index is 1.55. The van der Waals surface area contributed by atoms with E-state index in [0.29, 0.717) is 25.2 Å². The minimum Gasteiger partial charge on any atom is -0.341 e. The number of hydrogen-bond donors (Lipinski definition) is 2. The van der Waals surface area contributed by atoms with Crippen LogP contribution in [0.2, 0.25) is 0 Å². The van der Waals surface area contributed by atoms with Gasteiger partial charge in [-0.1, -0.05) is 12.1 Å². The van der Waals surface area contributed by atoms with Gasteiger partial charge in [-0.25, -0.2) is 18.1 Å². The van der Waals surface area contributed by atoms with Gasteiger partial charge in [0.2, 0.25) is 11.8 Å². The Morgan fingerprint density at radius 3 is 2.82 bits per heavy atom. The number of anilines is 1. The molecule has 8 nitrogen and oxygen atoms in total.